The van der Waals surface area contributed by atoms with Crippen LogP contribution >= 0.6 is 0 Å². The molecule has 3 rings (SSSR count). The molecule has 0 aliphatic carbocycles. The molecule has 0 radical (unpaired) electrons. The smallest absolute Gasteiger partial charge is 0.217 e. The average molecular weight is 247 g/mol. The predicted octanol–water partition coefficient (Wildman–Crippen LogP) is 2.91. The van der Waals surface area contributed by atoms with Gasteiger partial charge in [0.15, 0.2) is 11.6 Å². The number of para-hydroxylation sites is 1. The summed E-state index contributed by atoms with van der Waals surface area (Å²) in [6.45, 7) is 0.451. The maximum Gasteiger partial charge on any atom is 0.217 e. The molecule has 0 atom stereocenters. The number of aromatic nitrogens is 1. The van der Waals surface area contributed by atoms with Crippen LogP contribution < -0.4 is 9.80 Å². The molecule has 1 aromatic carbocycles. The van der Waals surface area contributed by atoms with E-state index in [9.17, 15) is 8.78 Å². The molecular weight excluding hydrogens is 236 g/mol. The fourth-order valence-electron chi connectivity index (χ4n) is 2.17. The summed E-state index contributed by atoms with van der Waals surface area (Å²) in [4.78, 5) is 7.29. The fourth-order valence-corrected chi connectivity index (χ4v) is 2.17. The maximum atomic E-state index is 13.7. The van der Waals surface area contributed by atoms with Crippen molar-refractivity contribution >= 4 is 17.2 Å². The van der Waals surface area contributed by atoms with Crippen LogP contribution in [0, 0.1) is 11.8 Å². The summed E-state index contributed by atoms with van der Waals surface area (Å²) in [6, 6.07) is 10.2. The van der Waals surface area contributed by atoms with Crippen molar-refractivity contribution < 1.29 is 8.78 Å². The van der Waals surface area contributed by atoms with Crippen molar-refractivity contribution in [1.82, 2.24) is 4.98 Å². The molecule has 92 valence electrons. The third-order valence-corrected chi connectivity index (χ3v) is 2.96. The summed E-state index contributed by atoms with van der Waals surface area (Å²) in [5.74, 6) is -1.07. The van der Waals surface area contributed by atoms with Crippen molar-refractivity contribution in [3.05, 3.63) is 48.2 Å². The van der Waals surface area contributed by atoms with E-state index in [0.717, 1.165) is 11.8 Å². The second-order valence-electron chi connectivity index (χ2n) is 4.20. The molecule has 0 saturated carbocycles. The second-order valence-corrected chi connectivity index (χ2v) is 4.20. The second kappa shape index (κ2) is 3.94. The quantitative estimate of drug-likeness (QED) is 0.722. The molecule has 0 unspecified atom stereocenters. The van der Waals surface area contributed by atoms with Crippen LogP contribution in [0.1, 0.15) is 0 Å². The molecule has 0 saturated heterocycles. The highest BCUT2D eigenvalue weighted by molar-refractivity contribution is 5.79. The van der Waals surface area contributed by atoms with E-state index in [0.29, 0.717) is 18.2 Å². The summed E-state index contributed by atoms with van der Waals surface area (Å²) in [6.07, 6.45) is 0. The summed E-state index contributed by atoms with van der Waals surface area (Å²) < 4.78 is 27.0. The van der Waals surface area contributed by atoms with E-state index < -0.39 is 11.8 Å². The van der Waals surface area contributed by atoms with Gasteiger partial charge in [-0.2, -0.15) is 9.37 Å². The molecule has 3 nitrogen and oxygen atoms in total. The van der Waals surface area contributed by atoms with Gasteiger partial charge in [-0.1, -0.05) is 18.2 Å². The van der Waals surface area contributed by atoms with Crippen molar-refractivity contribution in [3.8, 4) is 0 Å². The third kappa shape index (κ3) is 1.59. The number of pyridine rings is 1. The predicted molar refractivity (Wildman–Crippen MR) is 66.0 cm³/mol. The molecular formula is C13H11F2N3. The normalized spacial score (nSPS) is 13.9. The Labute approximate surface area is 103 Å². The van der Waals surface area contributed by atoms with Gasteiger partial charge in [-0.3, -0.25) is 0 Å². The van der Waals surface area contributed by atoms with Crippen LogP contribution in [-0.4, -0.2) is 18.7 Å². The summed E-state index contributed by atoms with van der Waals surface area (Å²) in [5.41, 5.74) is 1.20. The summed E-state index contributed by atoms with van der Waals surface area (Å²) in [5, 5.41) is 0. The lowest BCUT2D eigenvalue weighted by Crippen LogP contribution is -2.24. The van der Waals surface area contributed by atoms with Crippen LogP contribution in [-0.2, 0) is 0 Å². The Kier molecular flexibility index (Phi) is 2.40. The van der Waals surface area contributed by atoms with Crippen LogP contribution in [0.2, 0.25) is 0 Å². The van der Waals surface area contributed by atoms with Gasteiger partial charge < -0.3 is 9.80 Å². The van der Waals surface area contributed by atoms with Gasteiger partial charge in [-0.15, -0.1) is 0 Å². The van der Waals surface area contributed by atoms with Crippen molar-refractivity contribution in [2.24, 2.45) is 0 Å². The number of rotatable bonds is 1. The first-order valence-electron chi connectivity index (χ1n) is 5.56. The monoisotopic (exact) mass is 247 g/mol. The SMILES string of the molecule is CN1CN(c2ccccc2)c2nc(F)cc(F)c21. The first-order valence-corrected chi connectivity index (χ1v) is 5.56. The van der Waals surface area contributed by atoms with Gasteiger partial charge in [0.2, 0.25) is 5.95 Å². The molecule has 18 heavy (non-hydrogen) atoms. The molecule has 1 aliphatic rings. The van der Waals surface area contributed by atoms with Gasteiger partial charge in [-0.25, -0.2) is 4.39 Å². The third-order valence-electron chi connectivity index (χ3n) is 2.96. The van der Waals surface area contributed by atoms with E-state index in [-0.39, 0.29) is 0 Å². The minimum Gasteiger partial charge on any atom is -0.351 e. The summed E-state index contributed by atoms with van der Waals surface area (Å²) >= 11 is 0. The molecule has 1 aromatic heterocycles. The first-order chi connectivity index (χ1) is 8.66. The molecule has 0 amide bonds. The highest BCUT2D eigenvalue weighted by Gasteiger charge is 2.29. The molecule has 2 aromatic rings. The van der Waals surface area contributed by atoms with Crippen molar-refractivity contribution in [3.63, 3.8) is 0 Å². The highest BCUT2D eigenvalue weighted by atomic mass is 19.1. The van der Waals surface area contributed by atoms with Crippen LogP contribution in [0.5, 0.6) is 0 Å². The Hall–Kier alpha value is -2.17. The Bertz CT molecular complexity index is 586. The zero-order valence-corrected chi connectivity index (χ0v) is 9.77. The number of hydrogen-bond acceptors (Lipinski definition) is 3. The molecule has 0 spiro atoms. The van der Waals surface area contributed by atoms with Crippen molar-refractivity contribution in [2.45, 2.75) is 0 Å². The number of hydrogen-bond donors (Lipinski definition) is 0. The van der Waals surface area contributed by atoms with E-state index in [2.05, 4.69) is 4.98 Å². The van der Waals surface area contributed by atoms with Crippen molar-refractivity contribution in [2.75, 3.05) is 23.5 Å². The molecule has 1 aliphatic heterocycles. The van der Waals surface area contributed by atoms with Crippen molar-refractivity contribution in [1.29, 1.82) is 0 Å². The molecule has 0 bridgehead atoms. The largest absolute Gasteiger partial charge is 0.351 e. The van der Waals surface area contributed by atoms with Crippen LogP contribution in [0.15, 0.2) is 36.4 Å². The number of anilines is 3. The lowest BCUT2D eigenvalue weighted by atomic mass is 10.3. The minimum absolute atomic E-state index is 0.321. The molecule has 0 fully saturated rings. The Balaban J connectivity index is 2.14. The lowest BCUT2D eigenvalue weighted by Gasteiger charge is -2.18. The standard InChI is InChI=1S/C13H11F2N3/c1-17-8-18(9-5-3-2-4-6-9)13-12(17)10(14)7-11(15)16-13/h2-7H,8H2,1H3. The average Bonchev–Trinajstić information content (AvgIpc) is 2.67. The van der Waals surface area contributed by atoms with Gasteiger partial charge in [0.1, 0.15) is 5.69 Å². The highest BCUT2D eigenvalue weighted by Crippen LogP contribution is 2.39. The molecule has 0 N–H and O–H groups in total. The number of halogens is 2. The topological polar surface area (TPSA) is 19.4 Å². The van der Waals surface area contributed by atoms with Gasteiger partial charge in [0.25, 0.3) is 0 Å². The number of fused-ring (bicyclic) bond motifs is 1. The number of nitrogens with zero attached hydrogens (tertiary/aromatic N) is 3. The van der Waals surface area contributed by atoms with Gasteiger partial charge >= 0.3 is 0 Å². The lowest BCUT2D eigenvalue weighted by molar-refractivity contribution is 0.555. The molecule has 5 heteroatoms. The van der Waals surface area contributed by atoms with E-state index in [1.807, 2.05) is 30.3 Å². The Morgan fingerprint density at radius 1 is 1.17 bits per heavy atom. The van der Waals surface area contributed by atoms with Gasteiger partial charge in [0, 0.05) is 18.8 Å². The Morgan fingerprint density at radius 2 is 1.89 bits per heavy atom. The minimum atomic E-state index is -0.803. The first kappa shape index (κ1) is 11.0. The molecule has 2 heterocycles. The maximum absolute atomic E-state index is 13.7. The van der Waals surface area contributed by atoms with Crippen LogP contribution in [0.4, 0.5) is 26.0 Å². The van der Waals surface area contributed by atoms with Gasteiger partial charge in [-0.05, 0) is 12.1 Å². The van der Waals surface area contributed by atoms with Gasteiger partial charge in [0.05, 0.1) is 6.67 Å². The van der Waals surface area contributed by atoms with E-state index in [1.165, 1.54) is 0 Å². The van der Waals surface area contributed by atoms with E-state index in [4.69, 9.17) is 0 Å². The van der Waals surface area contributed by atoms with Crippen LogP contribution in [0.25, 0.3) is 0 Å². The van der Waals surface area contributed by atoms with E-state index >= 15 is 0 Å². The number of benzene rings is 1. The zero-order chi connectivity index (χ0) is 12.7. The zero-order valence-electron chi connectivity index (χ0n) is 9.77. The Morgan fingerprint density at radius 3 is 2.61 bits per heavy atom. The van der Waals surface area contributed by atoms with Crippen LogP contribution in [0.3, 0.4) is 0 Å². The summed E-state index contributed by atoms with van der Waals surface area (Å²) in [7, 11) is 1.75. The van der Waals surface area contributed by atoms with E-state index in [1.54, 1.807) is 16.8 Å². The fraction of sp³-hybridized carbons (Fsp3) is 0.154.